The van der Waals surface area contributed by atoms with Crippen molar-refractivity contribution in [2.75, 3.05) is 59.0 Å². The topological polar surface area (TPSA) is 237 Å². The van der Waals surface area contributed by atoms with Gasteiger partial charge in [-0.1, -0.05) is 0 Å². The first kappa shape index (κ1) is 28.1. The summed E-state index contributed by atoms with van der Waals surface area (Å²) in [5, 5.41) is 64.3. The van der Waals surface area contributed by atoms with E-state index in [9.17, 15) is 34.2 Å². The molecule has 0 amide bonds. The Morgan fingerprint density at radius 2 is 0.774 bits per heavy atom. The summed E-state index contributed by atoms with van der Waals surface area (Å²) in [6.45, 7) is -5.88. The van der Waals surface area contributed by atoms with Crippen LogP contribution in [0, 0.1) is 0 Å². The molecule has 0 radical (unpaired) electrons. The summed E-state index contributed by atoms with van der Waals surface area (Å²) < 4.78 is 0. The van der Waals surface area contributed by atoms with Gasteiger partial charge in [-0.25, -0.2) is 0 Å². The Hall–Kier alpha value is -2.85. The van der Waals surface area contributed by atoms with Crippen LogP contribution in [0.5, 0.6) is 0 Å². The van der Waals surface area contributed by atoms with Crippen molar-refractivity contribution in [3.05, 3.63) is 0 Å². The lowest BCUT2D eigenvalue weighted by Crippen LogP contribution is -2.55. The summed E-state index contributed by atoms with van der Waals surface area (Å²) in [5.41, 5.74) is 0. The Balaban J connectivity index is 5.65. The second kappa shape index (κ2) is 14.2. The molecule has 0 aromatic rings. The van der Waals surface area contributed by atoms with Gasteiger partial charge in [0.2, 0.25) is 0 Å². The average Bonchev–Trinajstić information content (AvgIpc) is 2.60. The van der Waals surface area contributed by atoms with E-state index < -0.39 is 87.9 Å². The van der Waals surface area contributed by atoms with Crippen molar-refractivity contribution in [2.24, 2.45) is 0 Å². The molecule has 0 aliphatic carbocycles. The third-order valence-electron chi connectivity index (χ3n) is 4.10. The fourth-order valence-electron chi connectivity index (χ4n) is 2.89. The second-order valence-electron chi connectivity index (χ2n) is 6.65. The monoisotopic (exact) mass is 453 g/mol. The van der Waals surface area contributed by atoms with Crippen molar-refractivity contribution in [2.45, 2.75) is 12.1 Å². The number of carbonyl (C=O) groups is 5. The molecule has 2 atom stereocenters. The highest BCUT2D eigenvalue weighted by atomic mass is 16.4. The smallest absolute Gasteiger partial charge is 0.317 e. The molecule has 0 spiro atoms. The predicted molar refractivity (Wildman–Crippen MR) is 99.5 cm³/mol. The first-order chi connectivity index (χ1) is 14.4. The molecule has 0 unspecified atom stereocenters. The lowest BCUT2D eigenvalue weighted by molar-refractivity contribution is -0.145. The summed E-state index contributed by atoms with van der Waals surface area (Å²) >= 11 is 0. The van der Waals surface area contributed by atoms with Gasteiger partial charge in [-0.3, -0.25) is 38.7 Å². The van der Waals surface area contributed by atoms with E-state index in [0.717, 1.165) is 14.7 Å². The minimum Gasteiger partial charge on any atom is -0.480 e. The zero-order valence-corrected chi connectivity index (χ0v) is 16.5. The molecule has 0 aliphatic heterocycles. The number of carboxylic acids is 5. The molecule has 0 aliphatic rings. The fourth-order valence-corrected chi connectivity index (χ4v) is 2.89. The molecule has 0 heterocycles. The maximum Gasteiger partial charge on any atom is 0.317 e. The average molecular weight is 453 g/mol. The number of aliphatic hydroxyl groups is 2. The highest BCUT2D eigenvalue weighted by Gasteiger charge is 2.29. The van der Waals surface area contributed by atoms with Gasteiger partial charge in [-0.2, -0.15) is 0 Å². The van der Waals surface area contributed by atoms with Gasteiger partial charge in [0.05, 0.1) is 45.9 Å². The summed E-state index contributed by atoms with van der Waals surface area (Å²) in [7, 11) is 0. The van der Waals surface area contributed by atoms with Crippen LogP contribution in [0.3, 0.4) is 0 Å². The van der Waals surface area contributed by atoms with Crippen LogP contribution in [0.2, 0.25) is 0 Å². The molecule has 0 rings (SSSR count). The van der Waals surface area contributed by atoms with Crippen LogP contribution in [0.4, 0.5) is 0 Å². The zero-order valence-electron chi connectivity index (χ0n) is 16.5. The molecule has 0 saturated carbocycles. The first-order valence-electron chi connectivity index (χ1n) is 8.90. The van der Waals surface area contributed by atoms with Crippen LogP contribution in [-0.2, 0) is 24.0 Å². The highest BCUT2D eigenvalue weighted by Crippen LogP contribution is 2.08. The Morgan fingerprint density at radius 1 is 0.516 bits per heavy atom. The molecule has 0 saturated heterocycles. The van der Waals surface area contributed by atoms with Crippen molar-refractivity contribution >= 4 is 29.8 Å². The Labute approximate surface area is 176 Å². The SMILES string of the molecule is O=C(O)CN(C[C@@H](CO)N(CC(=O)O)CC(=O)O)C[C@@H](CO)N(CC(=O)O)CC(=O)O. The summed E-state index contributed by atoms with van der Waals surface area (Å²) in [6.07, 6.45) is 0. The van der Waals surface area contributed by atoms with E-state index in [-0.39, 0.29) is 13.1 Å². The standard InChI is InChI=1S/C16H27N3O12/c20-8-10(18(4-13(24)25)5-14(26)27)1-17(3-12(22)23)2-11(9-21)19(6-15(28)29)7-16(30)31/h10-11,20-21H,1-9H2,(H,22,23)(H,24,25)(H,26,27)(H,28,29)(H,30,31)/t10-,11-/m0/s1. The van der Waals surface area contributed by atoms with Crippen LogP contribution in [-0.4, -0.2) is 151 Å². The van der Waals surface area contributed by atoms with Gasteiger partial charge in [-0.15, -0.1) is 0 Å². The number of hydrogen-bond acceptors (Lipinski definition) is 10. The lowest BCUT2D eigenvalue weighted by Gasteiger charge is -2.36. The molecule has 0 aromatic carbocycles. The number of rotatable bonds is 18. The molecule has 15 nitrogen and oxygen atoms in total. The highest BCUT2D eigenvalue weighted by molar-refractivity contribution is 5.73. The van der Waals surface area contributed by atoms with E-state index in [4.69, 9.17) is 25.5 Å². The van der Waals surface area contributed by atoms with Crippen LogP contribution < -0.4 is 0 Å². The number of aliphatic hydroxyl groups excluding tert-OH is 2. The van der Waals surface area contributed by atoms with Crippen molar-refractivity contribution < 1.29 is 59.7 Å². The molecule has 7 N–H and O–H groups in total. The van der Waals surface area contributed by atoms with E-state index in [0.29, 0.717) is 0 Å². The van der Waals surface area contributed by atoms with Crippen LogP contribution in [0.15, 0.2) is 0 Å². The quantitative estimate of drug-likeness (QED) is 0.105. The van der Waals surface area contributed by atoms with Gasteiger partial charge in [-0.05, 0) is 0 Å². The van der Waals surface area contributed by atoms with Crippen LogP contribution in [0.1, 0.15) is 0 Å². The lowest BCUT2D eigenvalue weighted by atomic mass is 10.1. The largest absolute Gasteiger partial charge is 0.480 e. The summed E-state index contributed by atoms with van der Waals surface area (Å²) in [4.78, 5) is 58.2. The fraction of sp³-hybridized carbons (Fsp3) is 0.688. The van der Waals surface area contributed by atoms with Gasteiger partial charge < -0.3 is 35.7 Å². The van der Waals surface area contributed by atoms with E-state index in [1.165, 1.54) is 0 Å². The minimum absolute atomic E-state index is 0.353. The summed E-state index contributed by atoms with van der Waals surface area (Å²) in [5.74, 6) is -6.88. The molecule has 31 heavy (non-hydrogen) atoms. The number of nitrogens with zero attached hydrogens (tertiary/aromatic N) is 3. The maximum absolute atomic E-state index is 11.2. The molecule has 178 valence electrons. The Bertz CT molecular complexity index is 565. The van der Waals surface area contributed by atoms with E-state index in [1.54, 1.807) is 0 Å². The van der Waals surface area contributed by atoms with Gasteiger partial charge >= 0.3 is 29.8 Å². The zero-order chi connectivity index (χ0) is 24.1. The van der Waals surface area contributed by atoms with Crippen molar-refractivity contribution in [3.8, 4) is 0 Å². The van der Waals surface area contributed by atoms with Crippen LogP contribution in [0.25, 0.3) is 0 Å². The molecular weight excluding hydrogens is 426 g/mol. The van der Waals surface area contributed by atoms with Gasteiger partial charge in [0.25, 0.3) is 0 Å². The van der Waals surface area contributed by atoms with Crippen LogP contribution >= 0.6 is 0 Å². The minimum atomic E-state index is -1.38. The van der Waals surface area contributed by atoms with E-state index in [2.05, 4.69) is 0 Å². The van der Waals surface area contributed by atoms with Gasteiger partial charge in [0.15, 0.2) is 0 Å². The predicted octanol–water partition coefficient (Wildman–Crippen LogP) is -3.96. The molecule has 0 bridgehead atoms. The molecular formula is C16H27N3O12. The number of carboxylic acid groups (broad SMARTS) is 5. The number of hydrogen-bond donors (Lipinski definition) is 7. The number of aliphatic carboxylic acids is 5. The van der Waals surface area contributed by atoms with Gasteiger partial charge in [0.1, 0.15) is 0 Å². The molecule has 15 heteroatoms. The molecule has 0 fully saturated rings. The normalized spacial score (nSPS) is 13.3. The first-order valence-corrected chi connectivity index (χ1v) is 8.90. The molecule has 0 aromatic heterocycles. The van der Waals surface area contributed by atoms with E-state index in [1.807, 2.05) is 0 Å². The second-order valence-corrected chi connectivity index (χ2v) is 6.65. The maximum atomic E-state index is 11.2. The van der Waals surface area contributed by atoms with E-state index >= 15 is 0 Å². The van der Waals surface area contributed by atoms with Crippen molar-refractivity contribution in [1.82, 2.24) is 14.7 Å². The summed E-state index contributed by atoms with van der Waals surface area (Å²) in [6, 6.07) is -2.25. The third kappa shape index (κ3) is 12.4. The van der Waals surface area contributed by atoms with Crippen molar-refractivity contribution in [1.29, 1.82) is 0 Å². The van der Waals surface area contributed by atoms with Crippen molar-refractivity contribution in [3.63, 3.8) is 0 Å². The Morgan fingerprint density at radius 3 is 0.968 bits per heavy atom. The third-order valence-corrected chi connectivity index (χ3v) is 4.10. The Kier molecular flexibility index (Phi) is 12.9. The van der Waals surface area contributed by atoms with Gasteiger partial charge in [0, 0.05) is 25.2 Å².